The summed E-state index contributed by atoms with van der Waals surface area (Å²) >= 11 is 1.76. The molecule has 0 radical (unpaired) electrons. The molecule has 2 nitrogen and oxygen atoms in total. The molecule has 1 fully saturated rings. The van der Waals surface area contributed by atoms with Crippen LogP contribution in [0, 0.1) is 0 Å². The van der Waals surface area contributed by atoms with Crippen LogP contribution in [0.3, 0.4) is 0 Å². The molecule has 0 bridgehead atoms. The van der Waals surface area contributed by atoms with Gasteiger partial charge in [-0.05, 0) is 24.1 Å². The van der Waals surface area contributed by atoms with Crippen molar-refractivity contribution < 1.29 is 0 Å². The van der Waals surface area contributed by atoms with Gasteiger partial charge in [-0.25, -0.2) is 4.31 Å². The Morgan fingerprint density at radius 3 is 2.43 bits per heavy atom. The van der Waals surface area contributed by atoms with Crippen molar-refractivity contribution in [1.82, 2.24) is 8.28 Å². The van der Waals surface area contributed by atoms with Gasteiger partial charge >= 0.3 is 0 Å². The Bertz CT molecular complexity index is 390. The van der Waals surface area contributed by atoms with E-state index >= 15 is 0 Å². The van der Waals surface area contributed by atoms with Crippen molar-refractivity contribution in [2.75, 3.05) is 13.1 Å². The summed E-state index contributed by atoms with van der Waals surface area (Å²) < 4.78 is 4.51. The van der Waals surface area contributed by atoms with Crippen LogP contribution >= 0.6 is 12.1 Å². The van der Waals surface area contributed by atoms with Crippen molar-refractivity contribution in [3.8, 4) is 0 Å². The number of hydrogen-bond acceptors (Lipinski definition) is 2. The minimum absolute atomic E-state index is 1.01. The fraction of sp³-hybridized carbons (Fsp3) is 0.455. The zero-order chi connectivity index (χ0) is 9.97. The summed E-state index contributed by atoms with van der Waals surface area (Å²) in [5.74, 6) is 0. The van der Waals surface area contributed by atoms with Crippen molar-refractivity contribution >= 4 is 25.3 Å². The predicted molar refractivity (Wildman–Crippen MR) is 63.1 cm³/mol. The second-order valence-corrected chi connectivity index (χ2v) is 4.76. The Morgan fingerprint density at radius 2 is 1.86 bits per heavy atom. The van der Waals surface area contributed by atoms with Crippen molar-refractivity contribution in [3.05, 3.63) is 22.8 Å². The number of aromatic nitrogens is 1. The van der Waals surface area contributed by atoms with Gasteiger partial charge in [-0.3, -0.25) is 3.97 Å². The largest absolute Gasteiger partial charge is 0.279 e. The van der Waals surface area contributed by atoms with Crippen LogP contribution in [0.4, 0.5) is 0 Å². The van der Waals surface area contributed by atoms with Gasteiger partial charge in [0, 0.05) is 31.4 Å². The van der Waals surface area contributed by atoms with Crippen LogP contribution in [0.5, 0.6) is 0 Å². The fourth-order valence-corrected chi connectivity index (χ4v) is 2.63. The third-order valence-corrected chi connectivity index (χ3v) is 3.68. The van der Waals surface area contributed by atoms with Crippen LogP contribution in [0.2, 0.25) is 0 Å². The molecule has 0 atom stereocenters. The molecule has 0 aromatic carbocycles. The van der Waals surface area contributed by atoms with E-state index < -0.39 is 0 Å². The molecule has 0 spiro atoms. The van der Waals surface area contributed by atoms with Crippen molar-refractivity contribution in [2.24, 2.45) is 0 Å². The second kappa shape index (κ2) is 4.24. The second-order valence-electron chi connectivity index (χ2n) is 3.68. The Kier molecular flexibility index (Phi) is 2.99. The summed E-state index contributed by atoms with van der Waals surface area (Å²) in [5, 5.41) is 2.04. The van der Waals surface area contributed by atoms with E-state index in [0.717, 1.165) is 10.6 Å². The molecule has 0 amide bonds. The zero-order valence-corrected chi connectivity index (χ0v) is 9.22. The van der Waals surface area contributed by atoms with Crippen LogP contribution in [0.25, 0.3) is 13.2 Å². The minimum atomic E-state index is 1.01. The van der Waals surface area contributed by atoms with Gasteiger partial charge in [0.1, 0.15) is 0 Å². The van der Waals surface area contributed by atoms with E-state index in [1.54, 1.807) is 12.1 Å². The number of piperidine rings is 1. The molecule has 76 valence electrons. The zero-order valence-electron chi connectivity index (χ0n) is 8.41. The van der Waals surface area contributed by atoms with Gasteiger partial charge < -0.3 is 0 Å². The van der Waals surface area contributed by atoms with Gasteiger partial charge in [-0.2, -0.15) is 0 Å². The standard InChI is InChI=1S/C11H16N2S/c1-10-6-9-13(11(10)2)14-12-7-4-3-5-8-12/h6,9H,1-5,7-8H2. The van der Waals surface area contributed by atoms with Crippen molar-refractivity contribution in [1.29, 1.82) is 0 Å². The summed E-state index contributed by atoms with van der Waals surface area (Å²) in [6.45, 7) is 10.3. The molecule has 1 saturated heterocycles. The molecule has 14 heavy (non-hydrogen) atoms. The summed E-state index contributed by atoms with van der Waals surface area (Å²) in [5.41, 5.74) is 0. The van der Waals surface area contributed by atoms with E-state index in [4.69, 9.17) is 0 Å². The van der Waals surface area contributed by atoms with Gasteiger partial charge in [0.25, 0.3) is 0 Å². The lowest BCUT2D eigenvalue weighted by molar-refractivity contribution is 0.379. The van der Waals surface area contributed by atoms with Gasteiger partial charge in [-0.15, -0.1) is 0 Å². The SMILES string of the molecule is C=c1ccn(SN2CCCCC2)c1=C. The molecule has 1 aliphatic heterocycles. The maximum absolute atomic E-state index is 4.00. The fourth-order valence-electron chi connectivity index (χ4n) is 1.63. The predicted octanol–water partition coefficient (Wildman–Crippen LogP) is 1.21. The van der Waals surface area contributed by atoms with E-state index in [2.05, 4.69) is 21.4 Å². The third kappa shape index (κ3) is 2.04. The van der Waals surface area contributed by atoms with Crippen molar-refractivity contribution in [3.63, 3.8) is 0 Å². The maximum atomic E-state index is 4.00. The quantitative estimate of drug-likeness (QED) is 0.675. The van der Waals surface area contributed by atoms with E-state index in [9.17, 15) is 0 Å². The molecule has 0 saturated carbocycles. The first kappa shape index (κ1) is 9.87. The van der Waals surface area contributed by atoms with Crippen LogP contribution in [-0.2, 0) is 0 Å². The molecule has 0 aliphatic carbocycles. The van der Waals surface area contributed by atoms with E-state index in [0.29, 0.717) is 0 Å². The van der Waals surface area contributed by atoms with Gasteiger partial charge in [-0.1, -0.05) is 19.6 Å². The van der Waals surface area contributed by atoms with Crippen LogP contribution in [0.1, 0.15) is 19.3 Å². The first-order chi connectivity index (χ1) is 6.77. The highest BCUT2D eigenvalue weighted by atomic mass is 32.2. The molecular formula is C11H16N2S. The van der Waals surface area contributed by atoms with Gasteiger partial charge in [0.15, 0.2) is 0 Å². The lowest BCUT2D eigenvalue weighted by atomic mass is 10.2. The highest BCUT2D eigenvalue weighted by Crippen LogP contribution is 2.17. The average molecular weight is 208 g/mol. The summed E-state index contributed by atoms with van der Waals surface area (Å²) in [6, 6.07) is 2.01. The maximum Gasteiger partial charge on any atom is 0.0525 e. The Labute approximate surface area is 89.2 Å². The molecule has 1 aromatic heterocycles. The Hall–Kier alpha value is -0.670. The van der Waals surface area contributed by atoms with E-state index in [1.807, 2.05) is 12.3 Å². The van der Waals surface area contributed by atoms with E-state index in [-0.39, 0.29) is 0 Å². The Balaban J connectivity index is 2.06. The molecule has 2 heterocycles. The Morgan fingerprint density at radius 1 is 1.14 bits per heavy atom. The topological polar surface area (TPSA) is 8.17 Å². The van der Waals surface area contributed by atoms with Crippen LogP contribution in [-0.4, -0.2) is 21.4 Å². The molecule has 0 unspecified atom stereocenters. The molecule has 0 N–H and O–H groups in total. The molecular weight excluding hydrogens is 192 g/mol. The third-order valence-electron chi connectivity index (χ3n) is 2.57. The van der Waals surface area contributed by atoms with Crippen molar-refractivity contribution in [2.45, 2.75) is 19.3 Å². The first-order valence-electron chi connectivity index (χ1n) is 5.06. The molecule has 1 aliphatic rings. The first-order valence-corrected chi connectivity index (χ1v) is 5.79. The summed E-state index contributed by atoms with van der Waals surface area (Å²) in [4.78, 5) is 0. The monoisotopic (exact) mass is 208 g/mol. The normalized spacial score (nSPS) is 18.6. The lowest BCUT2D eigenvalue weighted by Gasteiger charge is -2.24. The van der Waals surface area contributed by atoms with Gasteiger partial charge in [0.2, 0.25) is 0 Å². The number of hydrogen-bond donors (Lipinski definition) is 0. The van der Waals surface area contributed by atoms with Gasteiger partial charge in [0.05, 0.1) is 5.35 Å². The summed E-state index contributed by atoms with van der Waals surface area (Å²) in [7, 11) is 0. The summed E-state index contributed by atoms with van der Waals surface area (Å²) in [6.07, 6.45) is 6.06. The van der Waals surface area contributed by atoms with Crippen LogP contribution < -0.4 is 10.6 Å². The number of nitrogens with zero attached hydrogens (tertiary/aromatic N) is 2. The van der Waals surface area contributed by atoms with Crippen LogP contribution in [0.15, 0.2) is 12.3 Å². The van der Waals surface area contributed by atoms with E-state index in [1.165, 1.54) is 32.4 Å². The minimum Gasteiger partial charge on any atom is -0.279 e. The smallest absolute Gasteiger partial charge is 0.0525 e. The molecule has 3 heteroatoms. The lowest BCUT2D eigenvalue weighted by Crippen LogP contribution is -2.29. The average Bonchev–Trinajstić information content (AvgIpc) is 2.52. The number of rotatable bonds is 2. The molecule has 1 aromatic rings. The molecule has 2 rings (SSSR count). The highest BCUT2D eigenvalue weighted by molar-refractivity contribution is 7.95. The highest BCUT2D eigenvalue weighted by Gasteiger charge is 2.11.